The summed E-state index contributed by atoms with van der Waals surface area (Å²) in [5.74, 6) is 0.419. The monoisotopic (exact) mass is 1030 g/mol. The molecular weight excluding hydrogens is 989 g/mol. The maximum absolute atomic E-state index is 10.6. The summed E-state index contributed by atoms with van der Waals surface area (Å²) in [4.78, 5) is 17.1. The summed E-state index contributed by atoms with van der Waals surface area (Å²) in [7, 11) is 0. The molecule has 0 aliphatic rings. The summed E-state index contributed by atoms with van der Waals surface area (Å²) < 4.78 is 7.18. The van der Waals surface area contributed by atoms with Crippen LogP contribution >= 0.6 is 0 Å². The van der Waals surface area contributed by atoms with Gasteiger partial charge in [0, 0.05) is 60.5 Å². The van der Waals surface area contributed by atoms with Gasteiger partial charge >= 0.3 is 0 Å². The summed E-state index contributed by atoms with van der Waals surface area (Å²) in [5, 5.41) is 17.9. The van der Waals surface area contributed by atoms with Crippen LogP contribution < -0.4 is 0 Å². The fourth-order valence-corrected chi connectivity index (χ4v) is 12.0. The molecule has 0 saturated carbocycles. The van der Waals surface area contributed by atoms with E-state index in [1.807, 2.05) is 48.5 Å². The Kier molecular flexibility index (Phi) is 10.8. The van der Waals surface area contributed by atoms with Gasteiger partial charge < -0.3 is 13.7 Å². The lowest BCUT2D eigenvalue weighted by atomic mass is 9.95. The Labute approximate surface area is 465 Å². The quantitative estimate of drug-likeness (QED) is 0.142. The molecule has 8 heteroatoms. The lowest BCUT2D eigenvalue weighted by Crippen LogP contribution is -1.97. The maximum atomic E-state index is 10.6. The fourth-order valence-electron chi connectivity index (χ4n) is 12.0. The molecule has 4 heterocycles. The number of nitrogens with zero attached hydrogens (tertiary/aromatic N) is 8. The summed E-state index contributed by atoms with van der Waals surface area (Å²) in [6.07, 6.45) is 0. The van der Waals surface area contributed by atoms with Crippen LogP contribution in [0.4, 0.5) is 11.4 Å². The van der Waals surface area contributed by atoms with E-state index in [1.165, 1.54) is 43.6 Å². The van der Waals surface area contributed by atoms with Gasteiger partial charge in [0.15, 0.2) is 17.2 Å². The first-order chi connectivity index (χ1) is 40.0. The molecule has 4 aromatic heterocycles. The molecular formula is C73H42N8. The molecule has 0 spiro atoms. The highest BCUT2D eigenvalue weighted by Gasteiger charge is 2.20. The fraction of sp³-hybridized carbons (Fsp3) is 0. The molecule has 0 aliphatic carbocycles. The van der Waals surface area contributed by atoms with Crippen molar-refractivity contribution < 1.29 is 0 Å². The lowest BCUT2D eigenvalue weighted by molar-refractivity contribution is 1.16. The molecule has 0 atom stereocenters. The molecule has 0 amide bonds. The van der Waals surface area contributed by atoms with Gasteiger partial charge in [-0.15, -0.1) is 0 Å². The standard InChI is InChI=1S/C73H42N8/c1-75-53-15-11-13-50(40-53)65-44-66(78-73(77-65)51-14-12-16-54(41-51)76-2)58-36-31-49(39-52(58)45-74)48-27-25-46(26-28-48)47-29-32-55(33-30-47)79-71-37-34-56(80-67-21-7-3-17-59(67)60-18-4-8-22-68(60)80)42-63(71)64-43-57(35-38-72(64)79)81-69-23-9-5-19-61(69)62-20-6-10-24-70(62)81/h3-44H. The molecule has 0 bridgehead atoms. The number of hydrogen-bond donors (Lipinski definition) is 0. The van der Waals surface area contributed by atoms with Gasteiger partial charge in [-0.2, -0.15) is 5.26 Å². The van der Waals surface area contributed by atoms with Gasteiger partial charge in [0.05, 0.1) is 69.3 Å². The number of rotatable bonds is 8. The number of benzene rings is 11. The highest BCUT2D eigenvalue weighted by Crippen LogP contribution is 2.41. The van der Waals surface area contributed by atoms with E-state index in [0.29, 0.717) is 45.3 Å². The zero-order valence-corrected chi connectivity index (χ0v) is 43.3. The number of aromatic nitrogens is 5. The van der Waals surface area contributed by atoms with Crippen LogP contribution in [-0.4, -0.2) is 23.7 Å². The Morgan fingerprint density at radius 1 is 0.321 bits per heavy atom. The minimum absolute atomic E-state index is 0.419. The van der Waals surface area contributed by atoms with E-state index in [4.69, 9.17) is 23.1 Å². The summed E-state index contributed by atoms with van der Waals surface area (Å²) in [6.45, 7) is 15.2. The SMILES string of the molecule is [C-]#[N+]c1cccc(-c2cc(-c3ccc(-c4ccc(-c5ccc(-n6c7ccc(-n8c9ccccc9c9ccccc98)cc7c7cc(-n8c9ccccc9c9ccccc98)ccc76)cc5)cc4)cc3C#N)nc(-c3cccc([N+]#[C-])c3)n2)c1. The van der Waals surface area contributed by atoms with Gasteiger partial charge in [0.25, 0.3) is 0 Å². The summed E-state index contributed by atoms with van der Waals surface area (Å²) in [6, 6.07) is 90.5. The average Bonchev–Trinajstić information content (AvgIpc) is 4.30. The molecule has 15 rings (SSSR count). The molecule has 0 radical (unpaired) electrons. The van der Waals surface area contributed by atoms with Crippen LogP contribution in [0.15, 0.2) is 255 Å². The summed E-state index contributed by atoms with van der Waals surface area (Å²) >= 11 is 0. The minimum Gasteiger partial charge on any atom is -0.309 e. The Morgan fingerprint density at radius 2 is 0.728 bits per heavy atom. The molecule has 81 heavy (non-hydrogen) atoms. The zero-order valence-electron chi connectivity index (χ0n) is 43.3. The van der Waals surface area contributed by atoms with Crippen molar-refractivity contribution in [1.29, 1.82) is 5.26 Å². The van der Waals surface area contributed by atoms with Crippen molar-refractivity contribution in [1.82, 2.24) is 23.7 Å². The van der Waals surface area contributed by atoms with Crippen molar-refractivity contribution in [2.45, 2.75) is 0 Å². The molecule has 0 N–H and O–H groups in total. The third-order valence-electron chi connectivity index (χ3n) is 15.7. The zero-order chi connectivity index (χ0) is 54.1. The smallest absolute Gasteiger partial charge is 0.187 e. The average molecular weight is 1030 g/mol. The van der Waals surface area contributed by atoms with Crippen molar-refractivity contribution >= 4 is 76.8 Å². The van der Waals surface area contributed by atoms with E-state index in [2.05, 4.69) is 211 Å². The van der Waals surface area contributed by atoms with Gasteiger partial charge in [-0.1, -0.05) is 158 Å². The third-order valence-corrected chi connectivity index (χ3v) is 15.7. The molecule has 0 unspecified atom stereocenters. The number of fused-ring (bicyclic) bond motifs is 9. The van der Waals surface area contributed by atoms with E-state index in [1.54, 1.807) is 24.3 Å². The van der Waals surface area contributed by atoms with Crippen LogP contribution in [0.25, 0.3) is 148 Å². The minimum atomic E-state index is 0.419. The molecule has 374 valence electrons. The van der Waals surface area contributed by atoms with Crippen molar-refractivity contribution in [2.75, 3.05) is 0 Å². The Bertz CT molecular complexity index is 4860. The van der Waals surface area contributed by atoms with E-state index < -0.39 is 0 Å². The Hall–Kier alpha value is -11.6. The topological polar surface area (TPSA) is 73.1 Å². The van der Waals surface area contributed by atoms with Gasteiger partial charge in [-0.05, 0) is 125 Å². The van der Waals surface area contributed by atoms with Crippen molar-refractivity contribution in [3.8, 4) is 79.3 Å². The second kappa shape index (κ2) is 18.8. The number of hydrogen-bond acceptors (Lipinski definition) is 3. The first kappa shape index (κ1) is 46.7. The van der Waals surface area contributed by atoms with Crippen LogP contribution in [0.3, 0.4) is 0 Å². The predicted octanol–water partition coefficient (Wildman–Crippen LogP) is 19.1. The molecule has 0 fully saturated rings. The molecule has 8 nitrogen and oxygen atoms in total. The van der Waals surface area contributed by atoms with Gasteiger partial charge in [-0.3, -0.25) is 0 Å². The van der Waals surface area contributed by atoms with E-state index in [0.717, 1.165) is 66.7 Å². The van der Waals surface area contributed by atoms with Crippen molar-refractivity contribution in [3.63, 3.8) is 0 Å². The first-order valence-electron chi connectivity index (χ1n) is 26.7. The van der Waals surface area contributed by atoms with E-state index >= 15 is 0 Å². The van der Waals surface area contributed by atoms with E-state index in [-0.39, 0.29) is 0 Å². The van der Waals surface area contributed by atoms with Crippen LogP contribution in [0, 0.1) is 24.5 Å². The first-order valence-corrected chi connectivity index (χ1v) is 26.7. The highest BCUT2D eigenvalue weighted by molar-refractivity contribution is 6.14. The van der Waals surface area contributed by atoms with Crippen LogP contribution in [0.2, 0.25) is 0 Å². The Balaban J connectivity index is 0.794. The molecule has 15 aromatic rings. The number of nitriles is 1. The van der Waals surface area contributed by atoms with Crippen LogP contribution in [0.1, 0.15) is 5.56 Å². The van der Waals surface area contributed by atoms with Gasteiger partial charge in [0.2, 0.25) is 0 Å². The van der Waals surface area contributed by atoms with Crippen LogP contribution in [-0.2, 0) is 0 Å². The van der Waals surface area contributed by atoms with Crippen LogP contribution in [0.5, 0.6) is 0 Å². The predicted molar refractivity (Wildman–Crippen MR) is 329 cm³/mol. The third kappa shape index (κ3) is 7.73. The van der Waals surface area contributed by atoms with Crippen molar-refractivity contribution in [2.24, 2.45) is 0 Å². The lowest BCUT2D eigenvalue weighted by Gasteiger charge is -2.12. The second-order valence-electron chi connectivity index (χ2n) is 20.3. The second-order valence-corrected chi connectivity index (χ2v) is 20.3. The molecule has 11 aromatic carbocycles. The largest absolute Gasteiger partial charge is 0.309 e. The molecule has 0 saturated heterocycles. The van der Waals surface area contributed by atoms with Gasteiger partial charge in [0.1, 0.15) is 0 Å². The summed E-state index contributed by atoms with van der Waals surface area (Å²) in [5.41, 5.74) is 18.9. The number of para-hydroxylation sites is 4. The maximum Gasteiger partial charge on any atom is 0.187 e. The Morgan fingerprint density at radius 3 is 1.23 bits per heavy atom. The van der Waals surface area contributed by atoms with E-state index in [9.17, 15) is 5.26 Å². The molecule has 0 aliphatic heterocycles. The normalized spacial score (nSPS) is 11.4. The van der Waals surface area contributed by atoms with Crippen molar-refractivity contribution in [3.05, 3.63) is 283 Å². The highest BCUT2D eigenvalue weighted by atomic mass is 15.0. The van der Waals surface area contributed by atoms with Gasteiger partial charge in [-0.25, -0.2) is 19.7 Å².